The molecule has 0 aliphatic carbocycles. The molecule has 0 fully saturated rings. The molecular weight excluding hydrogens is 196 g/mol. The summed E-state index contributed by atoms with van der Waals surface area (Å²) in [6.07, 6.45) is 1.71. The summed E-state index contributed by atoms with van der Waals surface area (Å²) in [4.78, 5) is 4.32. The standard InChI is InChI=1S/C11H17ClN2/c1-7(2)9(5-13)11-4-8(3)10(12)6-14-11/h4,6-7,9H,5,13H2,1-3H3. The number of nitrogens with zero attached hydrogens (tertiary/aromatic N) is 1. The Labute approximate surface area is 90.5 Å². The Balaban J connectivity index is 3.00. The van der Waals surface area contributed by atoms with Crippen molar-refractivity contribution in [2.45, 2.75) is 26.7 Å². The van der Waals surface area contributed by atoms with Crippen LogP contribution in [0.5, 0.6) is 0 Å². The molecular formula is C11H17ClN2. The van der Waals surface area contributed by atoms with Gasteiger partial charge in [0.1, 0.15) is 0 Å². The van der Waals surface area contributed by atoms with Gasteiger partial charge in [-0.2, -0.15) is 0 Å². The third-order valence-corrected chi connectivity index (χ3v) is 2.90. The van der Waals surface area contributed by atoms with Crippen LogP contribution in [0.3, 0.4) is 0 Å². The first-order valence-electron chi connectivity index (χ1n) is 4.88. The molecule has 2 N–H and O–H groups in total. The van der Waals surface area contributed by atoms with Gasteiger partial charge in [0.15, 0.2) is 0 Å². The molecule has 3 heteroatoms. The van der Waals surface area contributed by atoms with Crippen LogP contribution < -0.4 is 5.73 Å². The molecule has 1 aromatic heterocycles. The van der Waals surface area contributed by atoms with E-state index in [1.807, 2.05) is 13.0 Å². The average molecular weight is 213 g/mol. The largest absolute Gasteiger partial charge is 0.330 e. The van der Waals surface area contributed by atoms with Crippen molar-refractivity contribution in [3.05, 3.63) is 28.5 Å². The number of pyridine rings is 1. The average Bonchev–Trinajstić information content (AvgIpc) is 2.11. The fourth-order valence-corrected chi connectivity index (χ4v) is 1.60. The third-order valence-electron chi connectivity index (χ3n) is 2.51. The third kappa shape index (κ3) is 2.46. The summed E-state index contributed by atoms with van der Waals surface area (Å²) in [6, 6.07) is 2.03. The van der Waals surface area contributed by atoms with Crippen molar-refractivity contribution in [2.75, 3.05) is 6.54 Å². The predicted molar refractivity (Wildman–Crippen MR) is 60.6 cm³/mol. The van der Waals surface area contributed by atoms with E-state index in [1.165, 1.54) is 0 Å². The van der Waals surface area contributed by atoms with E-state index in [1.54, 1.807) is 6.20 Å². The van der Waals surface area contributed by atoms with Crippen LogP contribution in [0.4, 0.5) is 0 Å². The Morgan fingerprint density at radius 3 is 2.57 bits per heavy atom. The van der Waals surface area contributed by atoms with Gasteiger partial charge in [0.25, 0.3) is 0 Å². The molecule has 1 aromatic rings. The number of aromatic nitrogens is 1. The maximum atomic E-state index is 5.91. The Bertz CT molecular complexity index is 310. The summed E-state index contributed by atoms with van der Waals surface area (Å²) in [5.41, 5.74) is 7.83. The van der Waals surface area contributed by atoms with Crippen molar-refractivity contribution in [1.82, 2.24) is 4.98 Å². The zero-order valence-corrected chi connectivity index (χ0v) is 9.67. The van der Waals surface area contributed by atoms with Gasteiger partial charge in [0, 0.05) is 24.4 Å². The van der Waals surface area contributed by atoms with Crippen LogP contribution in [0, 0.1) is 12.8 Å². The summed E-state index contributed by atoms with van der Waals surface area (Å²) < 4.78 is 0. The SMILES string of the molecule is Cc1cc(C(CN)C(C)C)ncc1Cl. The summed E-state index contributed by atoms with van der Waals surface area (Å²) in [5.74, 6) is 0.832. The van der Waals surface area contributed by atoms with Crippen LogP contribution in [-0.4, -0.2) is 11.5 Å². The molecule has 1 unspecified atom stereocenters. The quantitative estimate of drug-likeness (QED) is 0.837. The molecule has 1 rings (SSSR count). The highest BCUT2D eigenvalue weighted by Gasteiger charge is 2.15. The van der Waals surface area contributed by atoms with Crippen LogP contribution in [-0.2, 0) is 0 Å². The summed E-state index contributed by atoms with van der Waals surface area (Å²) in [7, 11) is 0. The molecule has 0 aliphatic rings. The fourth-order valence-electron chi connectivity index (χ4n) is 1.50. The van der Waals surface area contributed by atoms with Gasteiger partial charge in [0.05, 0.1) is 5.02 Å². The molecule has 0 bridgehead atoms. The van der Waals surface area contributed by atoms with E-state index in [9.17, 15) is 0 Å². The van der Waals surface area contributed by atoms with Gasteiger partial charge in [-0.25, -0.2) is 0 Å². The minimum absolute atomic E-state index is 0.325. The summed E-state index contributed by atoms with van der Waals surface area (Å²) in [5, 5.41) is 0.716. The number of hydrogen-bond acceptors (Lipinski definition) is 2. The lowest BCUT2D eigenvalue weighted by atomic mass is 9.92. The van der Waals surface area contributed by atoms with Gasteiger partial charge in [-0.15, -0.1) is 0 Å². The molecule has 1 atom stereocenters. The van der Waals surface area contributed by atoms with E-state index in [4.69, 9.17) is 17.3 Å². The molecule has 0 amide bonds. The molecule has 0 aliphatic heterocycles. The first-order valence-corrected chi connectivity index (χ1v) is 5.26. The highest BCUT2D eigenvalue weighted by Crippen LogP contribution is 2.24. The minimum atomic E-state index is 0.325. The van der Waals surface area contributed by atoms with Crippen molar-refractivity contribution in [2.24, 2.45) is 11.7 Å². The summed E-state index contributed by atoms with van der Waals surface area (Å²) >= 11 is 5.91. The molecule has 2 nitrogen and oxygen atoms in total. The Kier molecular flexibility index (Phi) is 3.90. The maximum absolute atomic E-state index is 5.91. The monoisotopic (exact) mass is 212 g/mol. The first-order chi connectivity index (χ1) is 6.56. The van der Waals surface area contributed by atoms with Crippen LogP contribution in [0.25, 0.3) is 0 Å². The molecule has 78 valence electrons. The van der Waals surface area contributed by atoms with E-state index in [0.717, 1.165) is 11.3 Å². The van der Waals surface area contributed by atoms with E-state index >= 15 is 0 Å². The summed E-state index contributed by atoms with van der Waals surface area (Å²) in [6.45, 7) is 6.93. The lowest BCUT2D eigenvalue weighted by Gasteiger charge is -2.18. The van der Waals surface area contributed by atoms with Crippen molar-refractivity contribution in [1.29, 1.82) is 0 Å². The normalized spacial score (nSPS) is 13.3. The Hall–Kier alpha value is -0.600. The smallest absolute Gasteiger partial charge is 0.0618 e. The Morgan fingerprint density at radius 2 is 2.14 bits per heavy atom. The molecule has 0 aromatic carbocycles. The van der Waals surface area contributed by atoms with E-state index in [-0.39, 0.29) is 0 Å². The fraction of sp³-hybridized carbons (Fsp3) is 0.545. The highest BCUT2D eigenvalue weighted by atomic mass is 35.5. The number of rotatable bonds is 3. The molecule has 0 saturated heterocycles. The van der Waals surface area contributed by atoms with Crippen molar-refractivity contribution in [3.63, 3.8) is 0 Å². The zero-order chi connectivity index (χ0) is 10.7. The molecule has 0 radical (unpaired) electrons. The second-order valence-electron chi connectivity index (χ2n) is 3.94. The second-order valence-corrected chi connectivity index (χ2v) is 4.35. The minimum Gasteiger partial charge on any atom is -0.330 e. The molecule has 14 heavy (non-hydrogen) atoms. The number of halogens is 1. The van der Waals surface area contributed by atoms with Crippen LogP contribution >= 0.6 is 11.6 Å². The molecule has 0 spiro atoms. The van der Waals surface area contributed by atoms with Crippen LogP contribution in [0.1, 0.15) is 31.0 Å². The van der Waals surface area contributed by atoms with Gasteiger partial charge < -0.3 is 5.73 Å². The van der Waals surface area contributed by atoms with Gasteiger partial charge in [-0.1, -0.05) is 25.4 Å². The van der Waals surface area contributed by atoms with E-state index < -0.39 is 0 Å². The Morgan fingerprint density at radius 1 is 1.50 bits per heavy atom. The predicted octanol–water partition coefficient (Wildman–Crippen LogP) is 2.74. The second kappa shape index (κ2) is 4.76. The van der Waals surface area contributed by atoms with Gasteiger partial charge in [-0.05, 0) is 24.5 Å². The van der Waals surface area contributed by atoms with Crippen LogP contribution in [0.2, 0.25) is 5.02 Å². The zero-order valence-electron chi connectivity index (χ0n) is 8.92. The topological polar surface area (TPSA) is 38.9 Å². The van der Waals surface area contributed by atoms with Gasteiger partial charge in [0.2, 0.25) is 0 Å². The molecule has 0 saturated carbocycles. The van der Waals surface area contributed by atoms with E-state index in [2.05, 4.69) is 18.8 Å². The van der Waals surface area contributed by atoms with E-state index in [0.29, 0.717) is 23.4 Å². The maximum Gasteiger partial charge on any atom is 0.0618 e. The number of hydrogen-bond donors (Lipinski definition) is 1. The van der Waals surface area contributed by atoms with Gasteiger partial charge >= 0.3 is 0 Å². The number of aryl methyl sites for hydroxylation is 1. The van der Waals surface area contributed by atoms with Crippen molar-refractivity contribution in [3.8, 4) is 0 Å². The lowest BCUT2D eigenvalue weighted by Crippen LogP contribution is -2.19. The first kappa shape index (κ1) is 11.5. The number of nitrogens with two attached hydrogens (primary N) is 1. The van der Waals surface area contributed by atoms with Gasteiger partial charge in [-0.3, -0.25) is 4.98 Å². The van der Waals surface area contributed by atoms with Crippen molar-refractivity contribution < 1.29 is 0 Å². The highest BCUT2D eigenvalue weighted by molar-refractivity contribution is 6.31. The molecule has 1 heterocycles. The van der Waals surface area contributed by atoms with Crippen LogP contribution in [0.15, 0.2) is 12.3 Å². The van der Waals surface area contributed by atoms with Crippen molar-refractivity contribution >= 4 is 11.6 Å². The lowest BCUT2D eigenvalue weighted by molar-refractivity contribution is 0.495.